The molecule has 1 aliphatic carbocycles. The van der Waals surface area contributed by atoms with Gasteiger partial charge in [-0.25, -0.2) is 0 Å². The molecule has 1 saturated carbocycles. The first-order valence-corrected chi connectivity index (χ1v) is 7.03. The Morgan fingerprint density at radius 2 is 2.05 bits per heavy atom. The molecule has 0 bridgehead atoms. The number of nitrogens with one attached hydrogen (secondary N) is 1. The Hall–Kier alpha value is -1.46. The van der Waals surface area contributed by atoms with Crippen molar-refractivity contribution in [1.82, 2.24) is 5.32 Å². The highest BCUT2D eigenvalue weighted by molar-refractivity contribution is 5.85. The van der Waals surface area contributed by atoms with Crippen LogP contribution in [0, 0.1) is 0 Å². The van der Waals surface area contributed by atoms with Gasteiger partial charge in [0, 0.05) is 6.54 Å². The fourth-order valence-electron chi connectivity index (χ4n) is 2.38. The van der Waals surface area contributed by atoms with Crippen LogP contribution in [0.2, 0.25) is 0 Å². The summed E-state index contributed by atoms with van der Waals surface area (Å²) in [5, 5.41) is 2.75. The number of methoxy groups -OCH3 is 1. The number of nitrogens with two attached hydrogens (primary N) is 1. The van der Waals surface area contributed by atoms with Crippen molar-refractivity contribution in [2.24, 2.45) is 5.73 Å². The van der Waals surface area contributed by atoms with E-state index >= 15 is 0 Å². The summed E-state index contributed by atoms with van der Waals surface area (Å²) < 4.78 is 11.3. The monoisotopic (exact) mass is 314 g/mol. The highest BCUT2D eigenvalue weighted by Gasteiger charge is 2.18. The van der Waals surface area contributed by atoms with E-state index in [1.54, 1.807) is 7.11 Å². The van der Waals surface area contributed by atoms with Gasteiger partial charge < -0.3 is 20.5 Å². The van der Waals surface area contributed by atoms with E-state index in [0.717, 1.165) is 29.9 Å². The predicted molar refractivity (Wildman–Crippen MR) is 84.0 cm³/mol. The van der Waals surface area contributed by atoms with E-state index < -0.39 is 0 Å². The molecule has 0 heterocycles. The van der Waals surface area contributed by atoms with Crippen LogP contribution in [0.3, 0.4) is 0 Å². The molecule has 0 spiro atoms. The summed E-state index contributed by atoms with van der Waals surface area (Å²) in [7, 11) is 1.63. The van der Waals surface area contributed by atoms with Gasteiger partial charge in [0.05, 0.1) is 19.8 Å². The van der Waals surface area contributed by atoms with Gasteiger partial charge >= 0.3 is 0 Å². The van der Waals surface area contributed by atoms with E-state index in [1.165, 1.54) is 12.8 Å². The van der Waals surface area contributed by atoms with Crippen molar-refractivity contribution in [3.63, 3.8) is 0 Å². The molecule has 1 aromatic carbocycles. The molecule has 0 aromatic heterocycles. The van der Waals surface area contributed by atoms with E-state index in [0.29, 0.717) is 6.54 Å². The highest BCUT2D eigenvalue weighted by atomic mass is 35.5. The van der Waals surface area contributed by atoms with Gasteiger partial charge in [-0.15, -0.1) is 12.4 Å². The number of carbonyl (C=O) groups excluding carboxylic acids is 1. The number of ether oxygens (including phenoxy) is 2. The number of carbonyl (C=O) groups is 1. The van der Waals surface area contributed by atoms with Gasteiger partial charge in [0.15, 0.2) is 11.5 Å². The Balaban J connectivity index is 0.00000220. The summed E-state index contributed by atoms with van der Waals surface area (Å²) in [5.74, 6) is 1.31. The van der Waals surface area contributed by atoms with Crippen LogP contribution in [0.1, 0.15) is 31.2 Å². The molecule has 3 N–H and O–H groups in total. The summed E-state index contributed by atoms with van der Waals surface area (Å²) in [6, 6.07) is 5.71. The van der Waals surface area contributed by atoms with Crippen LogP contribution in [-0.2, 0) is 11.3 Å². The van der Waals surface area contributed by atoms with E-state index in [2.05, 4.69) is 5.32 Å². The third-order valence-corrected chi connectivity index (χ3v) is 3.50. The van der Waals surface area contributed by atoms with Crippen LogP contribution in [0.15, 0.2) is 18.2 Å². The van der Waals surface area contributed by atoms with Crippen molar-refractivity contribution in [2.45, 2.75) is 38.3 Å². The van der Waals surface area contributed by atoms with Gasteiger partial charge in [0.2, 0.25) is 5.91 Å². The maximum Gasteiger partial charge on any atom is 0.234 e. The number of halogens is 1. The minimum absolute atomic E-state index is 0. The number of hydrogen-bond donors (Lipinski definition) is 2. The van der Waals surface area contributed by atoms with Crippen LogP contribution in [0.5, 0.6) is 11.5 Å². The first kappa shape index (κ1) is 17.6. The molecule has 5 nitrogen and oxygen atoms in total. The first-order chi connectivity index (χ1) is 9.72. The maximum atomic E-state index is 11.2. The molecule has 0 aliphatic heterocycles. The first-order valence-electron chi connectivity index (χ1n) is 7.03. The summed E-state index contributed by atoms with van der Waals surface area (Å²) in [5.41, 5.74) is 6.24. The SMILES string of the molecule is COc1ccc(CNC(=O)CN)cc1OC1CCCC1.Cl. The van der Waals surface area contributed by atoms with E-state index in [-0.39, 0.29) is 31.0 Å². The van der Waals surface area contributed by atoms with Crippen LogP contribution in [0.4, 0.5) is 0 Å². The molecular weight excluding hydrogens is 292 g/mol. The minimum Gasteiger partial charge on any atom is -0.493 e. The number of rotatable bonds is 6. The second-order valence-electron chi connectivity index (χ2n) is 4.99. The normalized spacial score (nSPS) is 14.4. The van der Waals surface area contributed by atoms with Crippen LogP contribution in [0.25, 0.3) is 0 Å². The van der Waals surface area contributed by atoms with Crippen molar-refractivity contribution in [3.8, 4) is 11.5 Å². The Morgan fingerprint density at radius 1 is 1.33 bits per heavy atom. The average Bonchev–Trinajstić information content (AvgIpc) is 2.98. The Labute approximate surface area is 131 Å². The molecular formula is C15H23ClN2O3. The lowest BCUT2D eigenvalue weighted by molar-refractivity contribution is -0.119. The molecule has 2 rings (SSSR count). The van der Waals surface area contributed by atoms with Crippen LogP contribution in [-0.4, -0.2) is 25.7 Å². The lowest BCUT2D eigenvalue weighted by atomic mass is 10.2. The average molecular weight is 315 g/mol. The molecule has 21 heavy (non-hydrogen) atoms. The zero-order valence-corrected chi connectivity index (χ0v) is 13.1. The second-order valence-corrected chi connectivity index (χ2v) is 4.99. The molecule has 118 valence electrons. The van der Waals surface area contributed by atoms with Crippen molar-refractivity contribution >= 4 is 18.3 Å². The molecule has 1 aromatic rings. The van der Waals surface area contributed by atoms with Gasteiger partial charge in [-0.05, 0) is 43.4 Å². The lowest BCUT2D eigenvalue weighted by Crippen LogP contribution is -2.29. The van der Waals surface area contributed by atoms with E-state index in [9.17, 15) is 4.79 Å². The van der Waals surface area contributed by atoms with Gasteiger partial charge in [-0.3, -0.25) is 4.79 Å². The molecule has 0 unspecified atom stereocenters. The molecule has 0 saturated heterocycles. The smallest absolute Gasteiger partial charge is 0.234 e. The van der Waals surface area contributed by atoms with Crippen LogP contribution >= 0.6 is 12.4 Å². The number of benzene rings is 1. The maximum absolute atomic E-state index is 11.2. The molecule has 1 amide bonds. The summed E-state index contributed by atoms with van der Waals surface area (Å²) in [4.78, 5) is 11.2. The predicted octanol–water partition coefficient (Wildman–Crippen LogP) is 2.01. The van der Waals surface area contributed by atoms with Crippen LogP contribution < -0.4 is 20.5 Å². The van der Waals surface area contributed by atoms with Crippen molar-refractivity contribution < 1.29 is 14.3 Å². The van der Waals surface area contributed by atoms with Gasteiger partial charge in [0.1, 0.15) is 0 Å². The number of hydrogen-bond acceptors (Lipinski definition) is 4. The van der Waals surface area contributed by atoms with Gasteiger partial charge in [0.25, 0.3) is 0 Å². The third kappa shape index (κ3) is 5.10. The molecule has 1 fully saturated rings. The fourth-order valence-corrected chi connectivity index (χ4v) is 2.38. The summed E-state index contributed by atoms with van der Waals surface area (Å²) in [6.07, 6.45) is 4.91. The Bertz CT molecular complexity index is 462. The Kier molecular flexibility index (Phi) is 7.32. The van der Waals surface area contributed by atoms with Crippen molar-refractivity contribution in [1.29, 1.82) is 0 Å². The van der Waals surface area contributed by atoms with E-state index in [4.69, 9.17) is 15.2 Å². The molecule has 6 heteroatoms. The standard InChI is InChI=1S/C15H22N2O3.ClH/c1-19-13-7-6-11(10-17-15(18)9-16)8-14(13)20-12-4-2-3-5-12;/h6-8,12H,2-5,9-10,16H2,1H3,(H,17,18);1H. The topological polar surface area (TPSA) is 73.6 Å². The highest BCUT2D eigenvalue weighted by Crippen LogP contribution is 2.32. The summed E-state index contributed by atoms with van der Waals surface area (Å²) >= 11 is 0. The summed E-state index contributed by atoms with van der Waals surface area (Å²) in [6.45, 7) is 0.447. The second kappa shape index (κ2) is 8.74. The van der Waals surface area contributed by atoms with E-state index in [1.807, 2.05) is 18.2 Å². The largest absolute Gasteiger partial charge is 0.493 e. The quantitative estimate of drug-likeness (QED) is 0.842. The molecule has 0 atom stereocenters. The fraction of sp³-hybridized carbons (Fsp3) is 0.533. The number of amides is 1. The molecule has 0 radical (unpaired) electrons. The Morgan fingerprint density at radius 3 is 2.67 bits per heavy atom. The third-order valence-electron chi connectivity index (χ3n) is 3.50. The lowest BCUT2D eigenvalue weighted by Gasteiger charge is -2.17. The minimum atomic E-state index is -0.168. The van der Waals surface area contributed by atoms with Crippen molar-refractivity contribution in [2.75, 3.05) is 13.7 Å². The van der Waals surface area contributed by atoms with Gasteiger partial charge in [-0.1, -0.05) is 6.07 Å². The zero-order valence-electron chi connectivity index (χ0n) is 12.3. The molecule has 1 aliphatic rings. The van der Waals surface area contributed by atoms with Crippen molar-refractivity contribution in [3.05, 3.63) is 23.8 Å². The zero-order chi connectivity index (χ0) is 14.4. The van der Waals surface area contributed by atoms with Gasteiger partial charge in [-0.2, -0.15) is 0 Å².